The quantitative estimate of drug-likeness (QED) is 0.252. The Morgan fingerprint density at radius 3 is 2.70 bits per heavy atom. The van der Waals surface area contributed by atoms with Gasteiger partial charge in [0.05, 0.1) is 0 Å². The van der Waals surface area contributed by atoms with Gasteiger partial charge in [0.1, 0.15) is 0 Å². The number of amidine groups is 1. The minimum Gasteiger partial charge on any atom is -0.409 e. The highest BCUT2D eigenvalue weighted by Gasteiger charge is 2.10. The Kier molecular flexibility index (Phi) is 5.93. The molecule has 7 nitrogen and oxygen atoms in total. The van der Waals surface area contributed by atoms with Crippen molar-refractivity contribution in [1.29, 1.82) is 0 Å². The van der Waals surface area contributed by atoms with Crippen molar-refractivity contribution in [3.63, 3.8) is 0 Å². The Morgan fingerprint density at radius 2 is 2.10 bits per heavy atom. The second-order valence-electron chi connectivity index (χ2n) is 4.75. The van der Waals surface area contributed by atoms with Crippen molar-refractivity contribution in [3.8, 4) is 0 Å². The van der Waals surface area contributed by atoms with Crippen LogP contribution in [-0.4, -0.2) is 26.0 Å². The van der Waals surface area contributed by atoms with Crippen LogP contribution in [0.25, 0.3) is 0 Å². The van der Waals surface area contributed by atoms with E-state index in [0.29, 0.717) is 17.7 Å². The van der Waals surface area contributed by atoms with E-state index in [1.54, 1.807) is 24.3 Å². The van der Waals surface area contributed by atoms with E-state index in [-0.39, 0.29) is 18.3 Å². The molecule has 112 valence electrons. The smallest absolute Gasteiger partial charge is 0.277 e. The lowest BCUT2D eigenvalue weighted by Gasteiger charge is -2.10. The van der Waals surface area contributed by atoms with Gasteiger partial charge in [-0.05, 0) is 17.5 Å². The van der Waals surface area contributed by atoms with Crippen molar-refractivity contribution in [3.05, 3.63) is 35.4 Å². The molecule has 1 aromatic carbocycles. The number of nitrogens with one attached hydrogen (secondary N) is 2. The molecule has 20 heavy (non-hydrogen) atoms. The first-order chi connectivity index (χ1) is 9.34. The number of rotatable bonds is 7. The second-order valence-corrected chi connectivity index (χ2v) is 6.34. The van der Waals surface area contributed by atoms with Crippen LogP contribution in [0, 0.1) is 5.92 Å². The highest BCUT2D eigenvalue weighted by Crippen LogP contribution is 2.05. The van der Waals surface area contributed by atoms with Gasteiger partial charge in [0.2, 0.25) is 0 Å². The van der Waals surface area contributed by atoms with Gasteiger partial charge >= 0.3 is 0 Å². The molecular weight excluding hydrogens is 280 g/mol. The van der Waals surface area contributed by atoms with E-state index in [1.165, 1.54) is 0 Å². The van der Waals surface area contributed by atoms with Crippen molar-refractivity contribution in [2.75, 3.05) is 6.54 Å². The average Bonchev–Trinajstić information content (AvgIpc) is 2.43. The molecule has 0 aliphatic rings. The zero-order valence-electron chi connectivity index (χ0n) is 11.5. The summed E-state index contributed by atoms with van der Waals surface area (Å²) in [6.07, 6.45) is 0. The fourth-order valence-electron chi connectivity index (χ4n) is 1.40. The van der Waals surface area contributed by atoms with E-state index in [1.807, 2.05) is 13.8 Å². The zero-order chi connectivity index (χ0) is 15.2. The lowest BCUT2D eigenvalue weighted by Crippen LogP contribution is -2.38. The summed E-state index contributed by atoms with van der Waals surface area (Å²) >= 11 is 0. The summed E-state index contributed by atoms with van der Waals surface area (Å²) in [6.45, 7) is 4.34. The van der Waals surface area contributed by atoms with Crippen LogP contribution in [-0.2, 0) is 16.8 Å². The molecule has 0 aliphatic heterocycles. The first-order valence-electron chi connectivity index (χ1n) is 6.15. The van der Waals surface area contributed by atoms with Gasteiger partial charge in [0.25, 0.3) is 10.2 Å². The Hall–Kier alpha value is -1.64. The third kappa shape index (κ3) is 5.55. The number of hydrogen-bond acceptors (Lipinski definition) is 4. The number of oxime groups is 1. The minimum absolute atomic E-state index is 0.0207. The fraction of sp³-hybridized carbons (Fsp3) is 0.417. The molecule has 0 unspecified atom stereocenters. The van der Waals surface area contributed by atoms with Crippen molar-refractivity contribution in [1.82, 2.24) is 9.44 Å². The van der Waals surface area contributed by atoms with E-state index in [0.717, 1.165) is 0 Å². The maximum absolute atomic E-state index is 11.7. The Balaban J connectivity index is 2.66. The highest BCUT2D eigenvalue weighted by atomic mass is 32.2. The standard InChI is InChI=1S/C12H20N4O3S/c1-9(2)7-14-20(18,19)15-8-10-4-3-5-11(6-10)12(13)16-17/h3-6,9,14-15,17H,7-8H2,1-2H3,(H2,13,16). The van der Waals surface area contributed by atoms with Gasteiger partial charge in [-0.3, -0.25) is 0 Å². The molecule has 0 saturated carbocycles. The zero-order valence-corrected chi connectivity index (χ0v) is 12.3. The third-order valence-corrected chi connectivity index (χ3v) is 3.55. The lowest BCUT2D eigenvalue weighted by molar-refractivity contribution is 0.318. The summed E-state index contributed by atoms with van der Waals surface area (Å²) in [7, 11) is -3.52. The molecule has 0 aromatic heterocycles. The second kappa shape index (κ2) is 7.22. The topological polar surface area (TPSA) is 117 Å². The van der Waals surface area contributed by atoms with Crippen molar-refractivity contribution < 1.29 is 13.6 Å². The van der Waals surface area contributed by atoms with E-state index < -0.39 is 10.2 Å². The Bertz CT molecular complexity index is 570. The Morgan fingerprint density at radius 1 is 1.40 bits per heavy atom. The van der Waals surface area contributed by atoms with Crippen LogP contribution < -0.4 is 15.2 Å². The van der Waals surface area contributed by atoms with Crippen molar-refractivity contribution in [2.45, 2.75) is 20.4 Å². The molecule has 1 rings (SSSR count). The SMILES string of the molecule is CC(C)CNS(=O)(=O)NCc1cccc(/C(N)=N/O)c1. The molecule has 0 amide bonds. The summed E-state index contributed by atoms with van der Waals surface area (Å²) in [5, 5.41) is 11.5. The third-order valence-electron chi connectivity index (χ3n) is 2.48. The van der Waals surface area contributed by atoms with Gasteiger partial charge < -0.3 is 10.9 Å². The van der Waals surface area contributed by atoms with Crippen molar-refractivity contribution >= 4 is 16.0 Å². The van der Waals surface area contributed by atoms with Gasteiger partial charge in [-0.15, -0.1) is 0 Å². The number of hydrogen-bond donors (Lipinski definition) is 4. The van der Waals surface area contributed by atoms with Crippen LogP contribution in [0.2, 0.25) is 0 Å². The number of nitrogens with two attached hydrogens (primary N) is 1. The molecule has 5 N–H and O–H groups in total. The summed E-state index contributed by atoms with van der Waals surface area (Å²) in [5.41, 5.74) is 6.71. The Labute approximate surface area is 119 Å². The molecule has 1 aromatic rings. The van der Waals surface area contributed by atoms with E-state index in [4.69, 9.17) is 10.9 Å². The maximum atomic E-state index is 11.7. The first-order valence-corrected chi connectivity index (χ1v) is 7.63. The van der Waals surface area contributed by atoms with Gasteiger partial charge in [0.15, 0.2) is 5.84 Å². The molecule has 0 saturated heterocycles. The van der Waals surface area contributed by atoms with Crippen LogP contribution in [0.3, 0.4) is 0 Å². The van der Waals surface area contributed by atoms with Crippen LogP contribution in [0.5, 0.6) is 0 Å². The fourth-order valence-corrected chi connectivity index (χ4v) is 2.42. The first kappa shape index (κ1) is 16.4. The molecule has 0 fully saturated rings. The molecule has 0 aliphatic carbocycles. The summed E-state index contributed by atoms with van der Waals surface area (Å²) in [4.78, 5) is 0. The van der Waals surface area contributed by atoms with Crippen molar-refractivity contribution in [2.24, 2.45) is 16.8 Å². The van der Waals surface area contributed by atoms with Crippen LogP contribution in [0.4, 0.5) is 0 Å². The normalized spacial score (nSPS) is 12.8. The largest absolute Gasteiger partial charge is 0.409 e. The van der Waals surface area contributed by atoms with E-state index >= 15 is 0 Å². The van der Waals surface area contributed by atoms with Gasteiger partial charge in [-0.2, -0.15) is 13.1 Å². The van der Waals surface area contributed by atoms with Gasteiger partial charge in [0, 0.05) is 18.7 Å². The predicted molar refractivity (Wildman–Crippen MR) is 77.6 cm³/mol. The molecule has 0 radical (unpaired) electrons. The van der Waals surface area contributed by atoms with E-state index in [9.17, 15) is 8.42 Å². The number of nitrogens with zero attached hydrogens (tertiary/aromatic N) is 1. The highest BCUT2D eigenvalue weighted by molar-refractivity contribution is 7.87. The van der Waals surface area contributed by atoms with Gasteiger partial charge in [-0.25, -0.2) is 4.72 Å². The molecule has 8 heteroatoms. The van der Waals surface area contributed by atoms with E-state index in [2.05, 4.69) is 14.6 Å². The number of benzene rings is 1. The van der Waals surface area contributed by atoms with Crippen LogP contribution in [0.1, 0.15) is 25.0 Å². The monoisotopic (exact) mass is 300 g/mol. The molecule has 0 atom stereocenters. The summed E-state index contributed by atoms with van der Waals surface area (Å²) < 4.78 is 28.2. The van der Waals surface area contributed by atoms with Crippen LogP contribution in [0.15, 0.2) is 29.4 Å². The molecule has 0 bridgehead atoms. The molecule has 0 heterocycles. The summed E-state index contributed by atoms with van der Waals surface area (Å²) in [5.74, 6) is 0.211. The van der Waals surface area contributed by atoms with Gasteiger partial charge in [-0.1, -0.05) is 37.2 Å². The van der Waals surface area contributed by atoms with Crippen LogP contribution >= 0.6 is 0 Å². The molecule has 0 spiro atoms. The molecular formula is C12H20N4O3S. The minimum atomic E-state index is -3.52. The predicted octanol–water partition coefficient (Wildman–Crippen LogP) is 0.361. The summed E-state index contributed by atoms with van der Waals surface area (Å²) in [6, 6.07) is 6.78. The maximum Gasteiger partial charge on any atom is 0.277 e. The lowest BCUT2D eigenvalue weighted by atomic mass is 10.1. The average molecular weight is 300 g/mol.